The van der Waals surface area contributed by atoms with Gasteiger partial charge in [-0.25, -0.2) is 9.78 Å². The predicted molar refractivity (Wildman–Crippen MR) is 100 cm³/mol. The van der Waals surface area contributed by atoms with Crippen molar-refractivity contribution in [1.29, 1.82) is 0 Å². The van der Waals surface area contributed by atoms with Gasteiger partial charge in [-0.05, 0) is 31.6 Å². The van der Waals surface area contributed by atoms with Gasteiger partial charge in [0.25, 0.3) is 0 Å². The van der Waals surface area contributed by atoms with Crippen LogP contribution in [0.2, 0.25) is 0 Å². The fraction of sp³-hybridized carbons (Fsp3) is 0.667. The van der Waals surface area contributed by atoms with Crippen LogP contribution >= 0.6 is 0 Å². The number of ether oxygens (including phenoxy) is 2. The van der Waals surface area contributed by atoms with E-state index in [4.69, 9.17) is 9.47 Å². The van der Waals surface area contributed by atoms with Crippen LogP contribution in [0.3, 0.4) is 0 Å². The third kappa shape index (κ3) is 4.77. The van der Waals surface area contributed by atoms with Gasteiger partial charge in [0.2, 0.25) is 5.95 Å². The van der Waals surface area contributed by atoms with Crippen LogP contribution in [0.15, 0.2) is 11.0 Å². The Morgan fingerprint density at radius 1 is 1.32 bits per heavy atom. The fourth-order valence-electron chi connectivity index (χ4n) is 3.60. The van der Waals surface area contributed by atoms with Crippen molar-refractivity contribution in [3.63, 3.8) is 0 Å². The Hall–Kier alpha value is -1.82. The van der Waals surface area contributed by atoms with Gasteiger partial charge >= 0.3 is 24.6 Å². The number of imidazole rings is 1. The zero-order chi connectivity index (χ0) is 19.4. The summed E-state index contributed by atoms with van der Waals surface area (Å²) >= 11 is 0. The van der Waals surface area contributed by atoms with E-state index in [1.807, 2.05) is 11.9 Å². The summed E-state index contributed by atoms with van der Waals surface area (Å²) in [6.45, 7) is 3.37. The third-order valence-electron chi connectivity index (χ3n) is 5.29. The number of hydrogen-bond donors (Lipinski definition) is 0. The summed E-state index contributed by atoms with van der Waals surface area (Å²) in [5.41, 5.74) is 1.28. The average Bonchev–Trinajstić information content (AvgIpc) is 2.92. The summed E-state index contributed by atoms with van der Waals surface area (Å²) in [4.78, 5) is 34.0. The van der Waals surface area contributed by atoms with E-state index in [2.05, 4.69) is 9.97 Å². The molecule has 0 aromatic carbocycles. The summed E-state index contributed by atoms with van der Waals surface area (Å²) < 4.78 is 13.4. The molecule has 0 bridgehead atoms. The average molecular weight is 383 g/mol. The molecular weight excluding hydrogens is 357 g/mol. The monoisotopic (exact) mass is 383 g/mol. The van der Waals surface area contributed by atoms with Crippen LogP contribution in [0.5, 0.6) is 0 Å². The largest absolute Gasteiger partial charge is 1.00 e. The normalized spacial score (nSPS) is 19.2. The van der Waals surface area contributed by atoms with Crippen LogP contribution < -0.4 is 29.5 Å². The van der Waals surface area contributed by atoms with E-state index >= 15 is 0 Å². The van der Waals surface area contributed by atoms with Crippen molar-refractivity contribution in [3.05, 3.63) is 16.7 Å². The molecule has 9 nitrogen and oxygen atoms in total. The maximum absolute atomic E-state index is 12.7. The van der Waals surface area contributed by atoms with E-state index < -0.39 is 0 Å². The van der Waals surface area contributed by atoms with Gasteiger partial charge in [0.15, 0.2) is 5.65 Å². The smallest absolute Gasteiger partial charge is 0.651 e. The number of anilines is 1. The van der Waals surface area contributed by atoms with Crippen LogP contribution in [-0.4, -0.2) is 59.0 Å². The second-order valence-electron chi connectivity index (χ2n) is 7.09. The summed E-state index contributed by atoms with van der Waals surface area (Å²) in [7, 11) is 5.29. The van der Waals surface area contributed by atoms with E-state index in [0.29, 0.717) is 37.2 Å². The molecule has 0 spiro atoms. The minimum Gasteiger partial charge on any atom is -0.651 e. The van der Waals surface area contributed by atoms with Crippen LogP contribution in [0.25, 0.3) is 11.2 Å². The molecule has 2 heterocycles. The van der Waals surface area contributed by atoms with Gasteiger partial charge in [0, 0.05) is 34.3 Å². The van der Waals surface area contributed by atoms with Crippen LogP contribution in [0.1, 0.15) is 25.7 Å². The quantitative estimate of drug-likeness (QED) is 0.380. The molecule has 0 saturated heterocycles. The van der Waals surface area contributed by atoms with E-state index in [9.17, 15) is 9.59 Å². The first-order chi connectivity index (χ1) is 13.0. The summed E-state index contributed by atoms with van der Waals surface area (Å²) in [5.74, 6) is 0.918. The van der Waals surface area contributed by atoms with Crippen molar-refractivity contribution in [3.8, 4) is 0 Å². The van der Waals surface area contributed by atoms with Gasteiger partial charge < -0.3 is 19.2 Å². The van der Waals surface area contributed by atoms with Gasteiger partial charge in [-0.3, -0.25) is 9.13 Å². The molecule has 1 saturated carbocycles. The first-order valence-corrected chi connectivity index (χ1v) is 9.20. The van der Waals surface area contributed by atoms with Crippen LogP contribution in [0, 0.1) is 5.92 Å². The van der Waals surface area contributed by atoms with Crippen molar-refractivity contribution in [2.75, 3.05) is 32.2 Å². The first-order valence-electron chi connectivity index (χ1n) is 9.20. The SMILES string of the molecule is COCCN(C)c1ncc2c(n1)n(CC1CCC(O[C-]=O)CC1)c(=O)n2C.[Li+]. The van der Waals surface area contributed by atoms with Gasteiger partial charge in [-0.1, -0.05) is 6.47 Å². The van der Waals surface area contributed by atoms with Crippen molar-refractivity contribution < 1.29 is 33.1 Å². The minimum atomic E-state index is -0.0874. The van der Waals surface area contributed by atoms with E-state index in [1.54, 1.807) is 29.5 Å². The number of carbonyl (C=O) groups excluding carboxylic acids is 1. The molecule has 0 amide bonds. The molecule has 10 heteroatoms. The number of fused-ring (bicyclic) bond motifs is 1. The molecule has 0 atom stereocenters. The molecule has 0 radical (unpaired) electrons. The molecule has 1 aliphatic carbocycles. The summed E-state index contributed by atoms with van der Waals surface area (Å²) in [6.07, 6.45) is 5.07. The van der Waals surface area contributed by atoms with Gasteiger partial charge in [0.05, 0.1) is 18.9 Å². The zero-order valence-electron chi connectivity index (χ0n) is 17.1. The van der Waals surface area contributed by atoms with E-state index in [1.165, 1.54) is 6.47 Å². The number of methoxy groups -OCH3 is 1. The maximum Gasteiger partial charge on any atom is 1.00 e. The number of aromatic nitrogens is 4. The van der Waals surface area contributed by atoms with Crippen LogP contribution in [-0.2, 0) is 27.9 Å². The molecule has 0 N–H and O–H groups in total. The minimum absolute atomic E-state index is 0. The maximum atomic E-state index is 12.7. The molecule has 0 unspecified atom stereocenters. The Balaban J connectivity index is 0.00000280. The number of rotatable bonds is 8. The summed E-state index contributed by atoms with van der Waals surface area (Å²) in [5, 5.41) is 0. The molecule has 1 aliphatic rings. The number of hydrogen-bond acceptors (Lipinski definition) is 7. The second-order valence-corrected chi connectivity index (χ2v) is 7.09. The van der Waals surface area contributed by atoms with Crippen molar-refractivity contribution in [2.45, 2.75) is 38.3 Å². The Kier molecular flexibility index (Phi) is 8.10. The molecule has 2 aromatic rings. The Labute approximate surface area is 176 Å². The Morgan fingerprint density at radius 2 is 2.04 bits per heavy atom. The van der Waals surface area contributed by atoms with Gasteiger partial charge in [-0.15, -0.1) is 0 Å². The van der Waals surface area contributed by atoms with Crippen molar-refractivity contribution in [1.82, 2.24) is 19.1 Å². The number of aryl methyl sites for hydroxylation is 1. The Bertz CT molecular complexity index is 844. The first kappa shape index (κ1) is 22.5. The third-order valence-corrected chi connectivity index (χ3v) is 5.29. The van der Waals surface area contributed by atoms with Gasteiger partial charge in [0.1, 0.15) is 5.52 Å². The standard InChI is InChI=1S/C18H26N5O4.Li/c1-21(8-9-26-3)17-19-10-15-16(20-17)23(18(25)22(15)2)11-13-4-6-14(7-5-13)27-12-24;/h10,13-14H,4-9,11H2,1-3H3;/q-1;+1. The van der Waals surface area contributed by atoms with Crippen molar-refractivity contribution >= 4 is 23.6 Å². The van der Waals surface area contributed by atoms with Crippen molar-refractivity contribution in [2.24, 2.45) is 13.0 Å². The van der Waals surface area contributed by atoms with Crippen LogP contribution in [0.4, 0.5) is 5.95 Å². The van der Waals surface area contributed by atoms with E-state index in [-0.39, 0.29) is 30.7 Å². The Morgan fingerprint density at radius 3 is 2.68 bits per heavy atom. The molecule has 148 valence electrons. The topological polar surface area (TPSA) is 91.5 Å². The predicted octanol–water partition coefficient (Wildman–Crippen LogP) is -2.14. The second kappa shape index (κ2) is 10.1. The number of nitrogens with zero attached hydrogens (tertiary/aromatic N) is 5. The fourth-order valence-corrected chi connectivity index (χ4v) is 3.60. The molecular formula is C18H26LiN5O4. The molecule has 3 rings (SSSR count). The zero-order valence-corrected chi connectivity index (χ0v) is 17.1. The number of likely N-dealkylation sites (N-methyl/N-ethyl adjacent to an activating group) is 1. The molecule has 2 aromatic heterocycles. The molecule has 1 fully saturated rings. The van der Waals surface area contributed by atoms with Gasteiger partial charge in [-0.2, -0.15) is 4.98 Å². The summed E-state index contributed by atoms with van der Waals surface area (Å²) in [6, 6.07) is 0. The van der Waals surface area contributed by atoms with E-state index in [0.717, 1.165) is 31.2 Å². The molecule has 0 aliphatic heterocycles. The molecule has 28 heavy (non-hydrogen) atoms.